The van der Waals surface area contributed by atoms with Gasteiger partial charge in [-0.3, -0.25) is 9.89 Å². The van der Waals surface area contributed by atoms with Crippen LogP contribution in [-0.4, -0.2) is 15.7 Å². The molecule has 0 aliphatic rings. The first-order valence-corrected chi connectivity index (χ1v) is 4.69. The summed E-state index contributed by atoms with van der Waals surface area (Å²) in [5, 5.41) is 13.4. The third-order valence-electron chi connectivity index (χ3n) is 2.29. The maximum absolute atomic E-state index is 11.7. The molecule has 2 rings (SSSR count). The number of carboxylic acids is 1. The van der Waals surface area contributed by atoms with Crippen LogP contribution in [0.2, 0.25) is 0 Å². The average Bonchev–Trinajstić information content (AvgIpc) is 2.55. The Hall–Kier alpha value is -2.30. The lowest BCUT2D eigenvalue weighted by Crippen LogP contribution is -2.30. The second-order valence-corrected chi connectivity index (χ2v) is 3.38. The van der Waals surface area contributed by atoms with Gasteiger partial charge in [0.2, 0.25) is 0 Å². The van der Waals surface area contributed by atoms with Gasteiger partial charge >= 0.3 is 0 Å². The number of aromatic carboxylic acids is 1. The summed E-state index contributed by atoms with van der Waals surface area (Å²) in [4.78, 5) is 22.5. The van der Waals surface area contributed by atoms with Crippen molar-refractivity contribution in [3.05, 3.63) is 51.9 Å². The number of nitrogens with one attached hydrogen (secondary N) is 1. The smallest absolute Gasteiger partial charge is 0.280 e. The van der Waals surface area contributed by atoms with E-state index in [1.165, 1.54) is 11.6 Å². The highest BCUT2D eigenvalue weighted by Crippen LogP contribution is 2.05. The number of benzene rings is 1. The number of aromatic amines is 1. The summed E-state index contributed by atoms with van der Waals surface area (Å²) in [6.45, 7) is 1.52. The zero-order valence-electron chi connectivity index (χ0n) is 8.56. The molecule has 82 valence electrons. The first kappa shape index (κ1) is 10.2. The van der Waals surface area contributed by atoms with Gasteiger partial charge in [0.05, 0.1) is 17.2 Å². The predicted octanol–water partition coefficient (Wildman–Crippen LogP) is -0.162. The fourth-order valence-electron chi connectivity index (χ4n) is 1.55. The lowest BCUT2D eigenvalue weighted by Gasteiger charge is -1.99. The van der Waals surface area contributed by atoms with Crippen LogP contribution >= 0.6 is 0 Å². The number of hydrogen-bond donors (Lipinski definition) is 1. The van der Waals surface area contributed by atoms with Gasteiger partial charge in [-0.25, -0.2) is 4.68 Å². The van der Waals surface area contributed by atoms with Gasteiger partial charge in [-0.05, 0) is 19.1 Å². The number of carbonyl (C=O) groups is 1. The Kier molecular flexibility index (Phi) is 2.36. The summed E-state index contributed by atoms with van der Waals surface area (Å²) in [5.74, 6) is -1.46. The Bertz CT molecular complexity index is 581. The summed E-state index contributed by atoms with van der Waals surface area (Å²) in [6, 6.07) is 8.74. The minimum atomic E-state index is -1.46. The molecule has 0 aliphatic carbocycles. The molecule has 0 saturated heterocycles. The van der Waals surface area contributed by atoms with E-state index in [1.54, 1.807) is 24.3 Å². The number of aryl methyl sites for hydroxylation is 1. The maximum atomic E-state index is 11.7. The molecule has 1 N–H and O–H groups in total. The molecule has 5 heteroatoms. The van der Waals surface area contributed by atoms with Gasteiger partial charge in [-0.2, -0.15) is 0 Å². The zero-order chi connectivity index (χ0) is 11.7. The Morgan fingerprint density at radius 2 is 1.94 bits per heavy atom. The second kappa shape index (κ2) is 3.69. The largest absolute Gasteiger partial charge is 0.545 e. The van der Waals surface area contributed by atoms with Crippen LogP contribution in [0.4, 0.5) is 0 Å². The number of carbonyl (C=O) groups excluding carboxylic acids is 1. The number of para-hydroxylation sites is 1. The van der Waals surface area contributed by atoms with E-state index in [4.69, 9.17) is 0 Å². The van der Waals surface area contributed by atoms with Crippen molar-refractivity contribution in [1.82, 2.24) is 9.78 Å². The third kappa shape index (κ3) is 1.52. The van der Waals surface area contributed by atoms with Gasteiger partial charge in [-0.15, -0.1) is 0 Å². The molecule has 0 bridgehead atoms. The maximum Gasteiger partial charge on any atom is 0.280 e. The zero-order valence-corrected chi connectivity index (χ0v) is 8.56. The lowest BCUT2D eigenvalue weighted by atomic mass is 10.2. The van der Waals surface area contributed by atoms with Crippen molar-refractivity contribution in [1.29, 1.82) is 0 Å². The molecular formula is C11H9N2O3-. The minimum absolute atomic E-state index is 0.286. The molecule has 0 unspecified atom stereocenters. The SMILES string of the molecule is Cc1[nH]n(-c2ccccc2)c(=O)c1C(=O)[O-]. The van der Waals surface area contributed by atoms with E-state index in [0.29, 0.717) is 5.69 Å². The van der Waals surface area contributed by atoms with Crippen molar-refractivity contribution in [2.24, 2.45) is 0 Å². The van der Waals surface area contributed by atoms with Crippen LogP contribution in [0.5, 0.6) is 0 Å². The van der Waals surface area contributed by atoms with E-state index in [0.717, 1.165) is 0 Å². The molecule has 0 saturated carbocycles. The first-order valence-electron chi connectivity index (χ1n) is 4.69. The number of H-pyrrole nitrogens is 1. The fourth-order valence-corrected chi connectivity index (χ4v) is 1.55. The van der Waals surface area contributed by atoms with Crippen molar-refractivity contribution < 1.29 is 9.90 Å². The minimum Gasteiger partial charge on any atom is -0.545 e. The van der Waals surface area contributed by atoms with E-state index in [2.05, 4.69) is 5.10 Å². The summed E-state index contributed by atoms with van der Waals surface area (Å²) in [7, 11) is 0. The van der Waals surface area contributed by atoms with E-state index in [1.807, 2.05) is 6.07 Å². The molecule has 1 aromatic carbocycles. The Labute approximate surface area is 90.9 Å². The van der Waals surface area contributed by atoms with Gasteiger partial charge in [-0.1, -0.05) is 18.2 Å². The van der Waals surface area contributed by atoms with Gasteiger partial charge in [0, 0.05) is 5.69 Å². The number of hydrogen-bond acceptors (Lipinski definition) is 3. The van der Waals surface area contributed by atoms with Crippen molar-refractivity contribution in [3.63, 3.8) is 0 Å². The topological polar surface area (TPSA) is 77.9 Å². The van der Waals surface area contributed by atoms with Crippen LogP contribution in [0.15, 0.2) is 35.1 Å². The highest BCUT2D eigenvalue weighted by molar-refractivity contribution is 5.86. The number of rotatable bonds is 2. The molecule has 0 radical (unpaired) electrons. The number of carboxylic acid groups (broad SMARTS) is 1. The first-order chi connectivity index (χ1) is 7.61. The highest BCUT2D eigenvalue weighted by atomic mass is 16.4. The quantitative estimate of drug-likeness (QED) is 0.759. The van der Waals surface area contributed by atoms with E-state index in [-0.39, 0.29) is 11.3 Å². The van der Waals surface area contributed by atoms with Crippen LogP contribution in [0, 0.1) is 6.92 Å². The van der Waals surface area contributed by atoms with Crippen molar-refractivity contribution >= 4 is 5.97 Å². The summed E-state index contributed by atoms with van der Waals surface area (Å²) in [5.41, 5.74) is -0.0653. The third-order valence-corrected chi connectivity index (χ3v) is 2.29. The molecular weight excluding hydrogens is 208 g/mol. The van der Waals surface area contributed by atoms with Crippen LogP contribution < -0.4 is 10.7 Å². The van der Waals surface area contributed by atoms with Gasteiger partial charge < -0.3 is 9.90 Å². The molecule has 0 fully saturated rings. The summed E-state index contributed by atoms with van der Waals surface area (Å²) >= 11 is 0. The number of aromatic nitrogens is 2. The molecule has 0 amide bonds. The van der Waals surface area contributed by atoms with Crippen LogP contribution in [-0.2, 0) is 0 Å². The number of nitrogens with zero attached hydrogens (tertiary/aromatic N) is 1. The summed E-state index contributed by atoms with van der Waals surface area (Å²) < 4.78 is 1.18. The Morgan fingerprint density at radius 3 is 2.44 bits per heavy atom. The molecule has 0 atom stereocenters. The molecule has 0 spiro atoms. The standard InChI is InChI=1S/C11H10N2O3/c1-7-9(11(15)16)10(14)13(12-7)8-5-3-2-4-6-8/h2-6,12H,1H3,(H,15,16)/p-1. The van der Waals surface area contributed by atoms with Crippen LogP contribution in [0.1, 0.15) is 16.1 Å². The molecule has 5 nitrogen and oxygen atoms in total. The molecule has 16 heavy (non-hydrogen) atoms. The van der Waals surface area contributed by atoms with Crippen molar-refractivity contribution in [2.45, 2.75) is 6.92 Å². The van der Waals surface area contributed by atoms with Gasteiger partial charge in [0.15, 0.2) is 0 Å². The van der Waals surface area contributed by atoms with E-state index >= 15 is 0 Å². The highest BCUT2D eigenvalue weighted by Gasteiger charge is 2.12. The Balaban J connectivity index is 2.66. The molecule has 1 aromatic heterocycles. The van der Waals surface area contributed by atoms with Crippen molar-refractivity contribution in [3.8, 4) is 5.69 Å². The van der Waals surface area contributed by atoms with Crippen LogP contribution in [0.3, 0.4) is 0 Å². The van der Waals surface area contributed by atoms with Gasteiger partial charge in [0.1, 0.15) is 0 Å². The Morgan fingerprint density at radius 1 is 1.31 bits per heavy atom. The average molecular weight is 217 g/mol. The van der Waals surface area contributed by atoms with Crippen LogP contribution in [0.25, 0.3) is 5.69 Å². The second-order valence-electron chi connectivity index (χ2n) is 3.38. The molecule has 2 aromatic rings. The monoisotopic (exact) mass is 217 g/mol. The molecule has 0 aliphatic heterocycles. The van der Waals surface area contributed by atoms with Crippen molar-refractivity contribution in [2.75, 3.05) is 0 Å². The van der Waals surface area contributed by atoms with E-state index < -0.39 is 11.5 Å². The lowest BCUT2D eigenvalue weighted by molar-refractivity contribution is -0.255. The fraction of sp³-hybridized carbons (Fsp3) is 0.0909. The predicted molar refractivity (Wildman–Crippen MR) is 55.5 cm³/mol. The molecule has 1 heterocycles. The normalized spacial score (nSPS) is 10.3. The van der Waals surface area contributed by atoms with Gasteiger partial charge in [0.25, 0.3) is 5.56 Å². The summed E-state index contributed by atoms with van der Waals surface area (Å²) in [6.07, 6.45) is 0. The van der Waals surface area contributed by atoms with E-state index in [9.17, 15) is 14.7 Å².